The van der Waals surface area contributed by atoms with Crippen LogP contribution in [0, 0.1) is 6.92 Å². The summed E-state index contributed by atoms with van der Waals surface area (Å²) in [6, 6.07) is 1.70. The standard InChI is InChI=1S/C10H15N3O3/c1-4-16-10(15)6-13-9(11-8(3)14)5-7(2)12-13/h5H,4,6H2,1-3H3,(H,11,14). The number of hydrogen-bond acceptors (Lipinski definition) is 4. The van der Waals surface area contributed by atoms with Crippen LogP contribution >= 0.6 is 0 Å². The highest BCUT2D eigenvalue weighted by atomic mass is 16.5. The largest absolute Gasteiger partial charge is 0.465 e. The summed E-state index contributed by atoms with van der Waals surface area (Å²) in [4.78, 5) is 22.2. The molecule has 1 amide bonds. The number of anilines is 1. The van der Waals surface area contributed by atoms with Crippen LogP contribution in [-0.4, -0.2) is 28.3 Å². The van der Waals surface area contributed by atoms with E-state index in [1.807, 2.05) is 0 Å². The van der Waals surface area contributed by atoms with Crippen LogP contribution in [0.5, 0.6) is 0 Å². The van der Waals surface area contributed by atoms with E-state index in [0.717, 1.165) is 5.69 Å². The number of carbonyl (C=O) groups excluding carboxylic acids is 2. The van der Waals surface area contributed by atoms with Gasteiger partial charge in [-0.2, -0.15) is 5.10 Å². The van der Waals surface area contributed by atoms with Gasteiger partial charge in [0.1, 0.15) is 12.4 Å². The van der Waals surface area contributed by atoms with Gasteiger partial charge in [-0.3, -0.25) is 9.59 Å². The Hall–Kier alpha value is -1.85. The molecule has 0 saturated carbocycles. The first kappa shape index (κ1) is 12.2. The van der Waals surface area contributed by atoms with E-state index in [-0.39, 0.29) is 18.4 Å². The van der Waals surface area contributed by atoms with E-state index in [9.17, 15) is 9.59 Å². The predicted octanol–water partition coefficient (Wildman–Crippen LogP) is 0.713. The van der Waals surface area contributed by atoms with Gasteiger partial charge in [0.25, 0.3) is 0 Å². The zero-order valence-corrected chi connectivity index (χ0v) is 9.61. The SMILES string of the molecule is CCOC(=O)Cn1nc(C)cc1NC(C)=O. The van der Waals surface area contributed by atoms with Crippen LogP contribution in [0.1, 0.15) is 19.5 Å². The number of ether oxygens (including phenoxy) is 1. The summed E-state index contributed by atoms with van der Waals surface area (Å²) < 4.78 is 6.21. The molecule has 6 nitrogen and oxygen atoms in total. The van der Waals surface area contributed by atoms with Gasteiger partial charge in [0, 0.05) is 13.0 Å². The summed E-state index contributed by atoms with van der Waals surface area (Å²) in [6.07, 6.45) is 0. The predicted molar refractivity (Wildman–Crippen MR) is 57.9 cm³/mol. The molecule has 1 rings (SSSR count). The Labute approximate surface area is 93.6 Å². The molecule has 0 radical (unpaired) electrons. The van der Waals surface area contributed by atoms with E-state index in [1.165, 1.54) is 11.6 Å². The minimum absolute atomic E-state index is 0.00269. The first-order valence-electron chi connectivity index (χ1n) is 5.00. The number of esters is 1. The fourth-order valence-electron chi connectivity index (χ4n) is 1.28. The second-order valence-electron chi connectivity index (χ2n) is 3.31. The van der Waals surface area contributed by atoms with Gasteiger partial charge in [-0.05, 0) is 13.8 Å². The van der Waals surface area contributed by atoms with Crippen molar-refractivity contribution in [2.75, 3.05) is 11.9 Å². The highest BCUT2D eigenvalue weighted by molar-refractivity contribution is 5.88. The molecule has 0 aliphatic heterocycles. The highest BCUT2D eigenvalue weighted by Gasteiger charge is 2.10. The molecular weight excluding hydrogens is 210 g/mol. The van der Waals surface area contributed by atoms with Crippen LogP contribution in [0.2, 0.25) is 0 Å². The second-order valence-corrected chi connectivity index (χ2v) is 3.31. The lowest BCUT2D eigenvalue weighted by molar-refractivity contribution is -0.144. The van der Waals surface area contributed by atoms with Crippen molar-refractivity contribution in [2.24, 2.45) is 0 Å². The second kappa shape index (κ2) is 5.29. The molecule has 0 saturated heterocycles. The molecular formula is C10H15N3O3. The average Bonchev–Trinajstić information content (AvgIpc) is 2.45. The Morgan fingerprint density at radius 1 is 1.56 bits per heavy atom. The number of carbonyl (C=O) groups is 2. The number of hydrogen-bond donors (Lipinski definition) is 1. The summed E-state index contributed by atoms with van der Waals surface area (Å²) >= 11 is 0. The number of amides is 1. The molecule has 6 heteroatoms. The zero-order valence-electron chi connectivity index (χ0n) is 9.61. The van der Waals surface area contributed by atoms with E-state index in [2.05, 4.69) is 10.4 Å². The number of rotatable bonds is 4. The van der Waals surface area contributed by atoms with Crippen molar-refractivity contribution in [1.29, 1.82) is 0 Å². The molecule has 1 aromatic rings. The number of aromatic nitrogens is 2. The number of nitrogens with one attached hydrogen (secondary N) is 1. The molecule has 16 heavy (non-hydrogen) atoms. The summed E-state index contributed by atoms with van der Waals surface area (Å²) in [7, 11) is 0. The van der Waals surface area contributed by atoms with Crippen LogP contribution in [0.15, 0.2) is 6.07 Å². The summed E-state index contributed by atoms with van der Waals surface area (Å²) in [6.45, 7) is 5.25. The molecule has 0 spiro atoms. The van der Waals surface area contributed by atoms with Crippen molar-refractivity contribution in [3.05, 3.63) is 11.8 Å². The highest BCUT2D eigenvalue weighted by Crippen LogP contribution is 2.10. The van der Waals surface area contributed by atoms with Gasteiger partial charge in [0.2, 0.25) is 5.91 Å². The molecule has 1 aromatic heterocycles. The first-order chi connectivity index (χ1) is 7.52. The molecule has 0 aliphatic carbocycles. The third kappa shape index (κ3) is 3.38. The molecule has 0 fully saturated rings. The fourth-order valence-corrected chi connectivity index (χ4v) is 1.28. The molecule has 0 atom stereocenters. The molecule has 0 unspecified atom stereocenters. The van der Waals surface area contributed by atoms with Gasteiger partial charge in [-0.15, -0.1) is 0 Å². The average molecular weight is 225 g/mol. The van der Waals surface area contributed by atoms with Crippen LogP contribution < -0.4 is 5.32 Å². The smallest absolute Gasteiger partial charge is 0.327 e. The molecule has 0 aliphatic rings. The topological polar surface area (TPSA) is 73.2 Å². The Bertz CT molecular complexity index is 398. The van der Waals surface area contributed by atoms with Gasteiger partial charge in [-0.1, -0.05) is 0 Å². The Kier molecular flexibility index (Phi) is 4.04. The maximum atomic E-state index is 11.3. The van der Waals surface area contributed by atoms with Crippen LogP contribution in [0.3, 0.4) is 0 Å². The maximum Gasteiger partial charge on any atom is 0.327 e. The number of aryl methyl sites for hydroxylation is 1. The maximum absolute atomic E-state index is 11.3. The van der Waals surface area contributed by atoms with Gasteiger partial charge in [-0.25, -0.2) is 4.68 Å². The third-order valence-corrected chi connectivity index (χ3v) is 1.79. The zero-order chi connectivity index (χ0) is 12.1. The van der Waals surface area contributed by atoms with Gasteiger partial charge < -0.3 is 10.1 Å². The Balaban J connectivity index is 2.78. The number of nitrogens with zero attached hydrogens (tertiary/aromatic N) is 2. The van der Waals surface area contributed by atoms with Crippen LogP contribution in [0.4, 0.5) is 5.82 Å². The van der Waals surface area contributed by atoms with Crippen molar-refractivity contribution in [3.63, 3.8) is 0 Å². The molecule has 88 valence electrons. The van der Waals surface area contributed by atoms with Gasteiger partial charge in [0.05, 0.1) is 12.3 Å². The van der Waals surface area contributed by atoms with Crippen molar-refractivity contribution < 1.29 is 14.3 Å². The summed E-state index contributed by atoms with van der Waals surface area (Å²) in [5.41, 5.74) is 0.730. The summed E-state index contributed by atoms with van der Waals surface area (Å²) in [5, 5.41) is 6.68. The van der Waals surface area contributed by atoms with E-state index >= 15 is 0 Å². The van der Waals surface area contributed by atoms with E-state index in [4.69, 9.17) is 4.74 Å². The minimum atomic E-state index is -0.378. The lowest BCUT2D eigenvalue weighted by atomic mass is 10.4. The quantitative estimate of drug-likeness (QED) is 0.766. The monoisotopic (exact) mass is 225 g/mol. The molecule has 0 aromatic carbocycles. The Morgan fingerprint density at radius 3 is 2.81 bits per heavy atom. The van der Waals surface area contributed by atoms with Crippen molar-refractivity contribution in [2.45, 2.75) is 27.3 Å². The lowest BCUT2D eigenvalue weighted by Gasteiger charge is -2.06. The fraction of sp³-hybridized carbons (Fsp3) is 0.500. The van der Waals surface area contributed by atoms with Gasteiger partial charge in [0.15, 0.2) is 0 Å². The van der Waals surface area contributed by atoms with Crippen LogP contribution in [0.25, 0.3) is 0 Å². The van der Waals surface area contributed by atoms with Gasteiger partial charge >= 0.3 is 5.97 Å². The van der Waals surface area contributed by atoms with Crippen molar-refractivity contribution in [1.82, 2.24) is 9.78 Å². The van der Waals surface area contributed by atoms with Crippen molar-refractivity contribution >= 4 is 17.7 Å². The summed E-state index contributed by atoms with van der Waals surface area (Å²) in [5.74, 6) is -0.0831. The van der Waals surface area contributed by atoms with Crippen molar-refractivity contribution in [3.8, 4) is 0 Å². The molecule has 0 bridgehead atoms. The van der Waals surface area contributed by atoms with E-state index in [1.54, 1.807) is 19.9 Å². The molecule has 1 heterocycles. The van der Waals surface area contributed by atoms with E-state index < -0.39 is 0 Å². The third-order valence-electron chi connectivity index (χ3n) is 1.79. The Morgan fingerprint density at radius 2 is 2.25 bits per heavy atom. The first-order valence-corrected chi connectivity index (χ1v) is 5.00. The van der Waals surface area contributed by atoms with Crippen LogP contribution in [-0.2, 0) is 20.9 Å². The normalized spacial score (nSPS) is 9.94. The minimum Gasteiger partial charge on any atom is -0.465 e. The van der Waals surface area contributed by atoms with E-state index in [0.29, 0.717) is 12.4 Å². The molecule has 1 N–H and O–H groups in total. The lowest BCUT2D eigenvalue weighted by Crippen LogP contribution is -2.18.